The molecule has 0 fully saturated rings. The first kappa shape index (κ1) is 17.7. The number of carbonyl (C=O) groups excluding carboxylic acids is 1. The van der Waals surface area contributed by atoms with Crippen LogP contribution in [-0.2, 0) is 14.8 Å². The lowest BCUT2D eigenvalue weighted by Crippen LogP contribution is -2.32. The minimum Gasteiger partial charge on any atom is -0.410 e. The van der Waals surface area contributed by atoms with Crippen LogP contribution in [0.2, 0.25) is 0 Å². The molecule has 0 aliphatic carbocycles. The quantitative estimate of drug-likeness (QED) is 0.492. The van der Waals surface area contributed by atoms with Crippen molar-refractivity contribution in [2.75, 3.05) is 6.26 Å². The molecule has 0 radical (unpaired) electrons. The summed E-state index contributed by atoms with van der Waals surface area (Å²) in [6.07, 6.45) is 0.931. The molecule has 0 unspecified atom stereocenters. The van der Waals surface area contributed by atoms with E-state index in [1.54, 1.807) is 31.2 Å². The van der Waals surface area contributed by atoms with Gasteiger partial charge < -0.3 is 5.21 Å². The van der Waals surface area contributed by atoms with E-state index in [9.17, 15) is 18.4 Å². The van der Waals surface area contributed by atoms with Crippen molar-refractivity contribution in [3.05, 3.63) is 71.3 Å². The van der Waals surface area contributed by atoms with Gasteiger partial charge in [0.15, 0.2) is 0 Å². The van der Waals surface area contributed by atoms with Gasteiger partial charge in [0.2, 0.25) is 15.9 Å². The zero-order valence-corrected chi connectivity index (χ0v) is 14.1. The monoisotopic (exact) mass is 346 g/mol. The highest BCUT2D eigenvalue weighted by Gasteiger charge is 2.19. The first-order valence-corrected chi connectivity index (χ1v) is 9.10. The van der Waals surface area contributed by atoms with Crippen LogP contribution >= 0.6 is 0 Å². The van der Waals surface area contributed by atoms with Crippen molar-refractivity contribution in [2.45, 2.75) is 12.8 Å². The zero-order valence-electron chi connectivity index (χ0n) is 13.3. The molecule has 0 aromatic heterocycles. The Kier molecular flexibility index (Phi) is 5.35. The highest BCUT2D eigenvalue weighted by molar-refractivity contribution is 7.89. The first-order valence-electron chi connectivity index (χ1n) is 7.21. The second-order valence-corrected chi connectivity index (χ2v) is 7.15. The van der Waals surface area contributed by atoms with E-state index in [1.807, 2.05) is 35.1 Å². The Hall–Kier alpha value is -2.67. The van der Waals surface area contributed by atoms with Crippen LogP contribution < -0.4 is 4.72 Å². The number of benzene rings is 2. The van der Waals surface area contributed by atoms with Gasteiger partial charge in [0.05, 0.1) is 12.2 Å². The molecular formula is C17H18N2O4S. The average Bonchev–Trinajstić information content (AvgIpc) is 2.54. The lowest BCUT2D eigenvalue weighted by Gasteiger charge is -2.13. The summed E-state index contributed by atoms with van der Waals surface area (Å²) in [6, 6.07) is 16.0. The van der Waals surface area contributed by atoms with Crippen LogP contribution in [0.5, 0.6) is 0 Å². The minimum atomic E-state index is -3.61. The van der Waals surface area contributed by atoms with E-state index in [0.29, 0.717) is 16.8 Å². The Labute approximate surface area is 140 Å². The number of oxime groups is 1. The molecule has 0 heterocycles. The van der Waals surface area contributed by atoms with Gasteiger partial charge in [-0.15, -0.1) is 0 Å². The van der Waals surface area contributed by atoms with E-state index in [1.165, 1.54) is 0 Å². The second kappa shape index (κ2) is 7.27. The van der Waals surface area contributed by atoms with Crippen LogP contribution in [0.3, 0.4) is 0 Å². The first-order chi connectivity index (χ1) is 11.3. The molecule has 0 aliphatic rings. The predicted octanol–water partition coefficient (Wildman–Crippen LogP) is 2.09. The zero-order chi connectivity index (χ0) is 17.7. The Bertz CT molecular complexity index is 861. The summed E-state index contributed by atoms with van der Waals surface area (Å²) in [4.78, 5) is 12.0. The van der Waals surface area contributed by atoms with E-state index >= 15 is 0 Å². The molecule has 0 saturated heterocycles. The molecule has 0 spiro atoms. The molecule has 126 valence electrons. The number of nitrogens with zero attached hydrogens (tertiary/aromatic N) is 1. The van der Waals surface area contributed by atoms with E-state index in [2.05, 4.69) is 5.16 Å². The number of nitrogens with one attached hydrogen (secondary N) is 1. The maximum atomic E-state index is 12.0. The van der Waals surface area contributed by atoms with Gasteiger partial charge in [0.1, 0.15) is 5.71 Å². The largest absolute Gasteiger partial charge is 0.410 e. The highest BCUT2D eigenvalue weighted by atomic mass is 32.2. The molecule has 0 saturated carbocycles. The number of hydrogen-bond donors (Lipinski definition) is 2. The van der Waals surface area contributed by atoms with Crippen molar-refractivity contribution in [1.29, 1.82) is 0 Å². The maximum absolute atomic E-state index is 12.0. The van der Waals surface area contributed by atoms with Gasteiger partial charge in [-0.05, 0) is 18.6 Å². The average molecular weight is 346 g/mol. The summed E-state index contributed by atoms with van der Waals surface area (Å²) < 4.78 is 24.4. The Morgan fingerprint density at radius 1 is 1.08 bits per heavy atom. The fraction of sp³-hybridized carbons (Fsp3) is 0.176. The minimum absolute atomic E-state index is 0.369. The van der Waals surface area contributed by atoms with Gasteiger partial charge in [-0.2, -0.15) is 0 Å². The molecule has 24 heavy (non-hydrogen) atoms. The molecule has 2 aromatic carbocycles. The fourth-order valence-electron chi connectivity index (χ4n) is 2.26. The SMILES string of the molecule is C[C@@H](C(=O)NS(C)(=O)=O)c1cccc(/C(=N/O)c2ccccc2)c1. The van der Waals surface area contributed by atoms with Gasteiger partial charge in [0, 0.05) is 11.1 Å². The fourth-order valence-corrected chi connectivity index (χ4v) is 2.80. The van der Waals surface area contributed by atoms with Crippen molar-refractivity contribution in [3.63, 3.8) is 0 Å². The molecule has 1 amide bonds. The third-order valence-electron chi connectivity index (χ3n) is 3.49. The molecule has 7 heteroatoms. The predicted molar refractivity (Wildman–Crippen MR) is 91.7 cm³/mol. The van der Waals surface area contributed by atoms with Crippen LogP contribution in [0.1, 0.15) is 29.5 Å². The van der Waals surface area contributed by atoms with Crippen LogP contribution in [0, 0.1) is 0 Å². The maximum Gasteiger partial charge on any atom is 0.240 e. The van der Waals surface area contributed by atoms with E-state index in [-0.39, 0.29) is 0 Å². The molecule has 2 N–H and O–H groups in total. The van der Waals surface area contributed by atoms with Crippen LogP contribution in [0.4, 0.5) is 0 Å². The topological polar surface area (TPSA) is 95.8 Å². The normalized spacial score (nSPS) is 13.3. The van der Waals surface area contributed by atoms with Crippen LogP contribution in [0.25, 0.3) is 0 Å². The lowest BCUT2D eigenvalue weighted by molar-refractivity contribution is -0.120. The van der Waals surface area contributed by atoms with E-state index < -0.39 is 21.8 Å². The van der Waals surface area contributed by atoms with Crippen molar-refractivity contribution in [1.82, 2.24) is 4.72 Å². The summed E-state index contributed by atoms with van der Waals surface area (Å²) in [5, 5.41) is 12.7. The summed E-state index contributed by atoms with van der Waals surface area (Å²) in [5.74, 6) is -1.28. The molecule has 1 atom stereocenters. The van der Waals surface area contributed by atoms with Crippen molar-refractivity contribution < 1.29 is 18.4 Å². The van der Waals surface area contributed by atoms with Crippen LogP contribution in [-0.4, -0.2) is 31.5 Å². The molecule has 0 bridgehead atoms. The van der Waals surface area contributed by atoms with Gasteiger partial charge >= 0.3 is 0 Å². The van der Waals surface area contributed by atoms with E-state index in [4.69, 9.17) is 0 Å². The van der Waals surface area contributed by atoms with Gasteiger partial charge in [0.25, 0.3) is 0 Å². The van der Waals surface area contributed by atoms with Gasteiger partial charge in [-0.3, -0.25) is 9.52 Å². The summed E-state index contributed by atoms with van der Waals surface area (Å²) in [5.41, 5.74) is 2.34. The third-order valence-corrected chi connectivity index (χ3v) is 4.06. The van der Waals surface area contributed by atoms with Crippen molar-refractivity contribution in [3.8, 4) is 0 Å². The Morgan fingerprint density at radius 2 is 1.71 bits per heavy atom. The standard InChI is InChI=1S/C17H18N2O4S/c1-12(17(20)19-24(2,22)23)14-9-6-10-15(11-14)16(18-21)13-7-4-3-5-8-13/h3-12,21H,1-2H3,(H,19,20)/b18-16+/t12-/m1/s1. The molecular weight excluding hydrogens is 328 g/mol. The third kappa shape index (κ3) is 4.42. The molecule has 0 aliphatic heterocycles. The van der Waals surface area contributed by atoms with Crippen LogP contribution in [0.15, 0.2) is 59.8 Å². The molecule has 6 nitrogen and oxygen atoms in total. The van der Waals surface area contributed by atoms with Crippen molar-refractivity contribution >= 4 is 21.6 Å². The summed E-state index contributed by atoms with van der Waals surface area (Å²) in [6.45, 7) is 1.61. The Morgan fingerprint density at radius 3 is 2.29 bits per heavy atom. The number of hydrogen-bond acceptors (Lipinski definition) is 5. The molecule has 2 rings (SSSR count). The number of carbonyl (C=O) groups is 1. The summed E-state index contributed by atoms with van der Waals surface area (Å²) in [7, 11) is -3.61. The highest BCUT2D eigenvalue weighted by Crippen LogP contribution is 2.19. The smallest absolute Gasteiger partial charge is 0.240 e. The lowest BCUT2D eigenvalue weighted by atomic mass is 9.95. The van der Waals surface area contributed by atoms with Gasteiger partial charge in [-0.1, -0.05) is 53.7 Å². The van der Waals surface area contributed by atoms with E-state index in [0.717, 1.165) is 11.8 Å². The number of rotatable bonds is 5. The van der Waals surface area contributed by atoms with Crippen molar-refractivity contribution in [2.24, 2.45) is 5.16 Å². The number of sulfonamides is 1. The summed E-state index contributed by atoms with van der Waals surface area (Å²) >= 11 is 0. The number of amides is 1. The van der Waals surface area contributed by atoms with Gasteiger partial charge in [-0.25, -0.2) is 8.42 Å². The second-order valence-electron chi connectivity index (χ2n) is 5.40. The Balaban J connectivity index is 2.33. The molecule has 2 aromatic rings.